The quantitative estimate of drug-likeness (QED) is 0.460. The number of hydrogen-bond acceptors (Lipinski definition) is 2. The van der Waals surface area contributed by atoms with Gasteiger partial charge in [0, 0.05) is 12.0 Å². The van der Waals surface area contributed by atoms with Gasteiger partial charge in [-0.05, 0) is 6.92 Å². The topological polar surface area (TPSA) is 55.1 Å². The first kappa shape index (κ1) is 6.55. The van der Waals surface area contributed by atoms with Crippen molar-refractivity contribution in [2.24, 2.45) is 11.7 Å². The molecule has 0 aromatic heterocycles. The fourth-order valence-electron chi connectivity index (χ4n) is 1.00. The van der Waals surface area contributed by atoms with Crippen LogP contribution in [0.4, 0.5) is 0 Å². The Morgan fingerprint density at radius 3 is 2.22 bits per heavy atom. The van der Waals surface area contributed by atoms with Crippen molar-refractivity contribution in [1.29, 1.82) is 0 Å². The lowest BCUT2D eigenvalue weighted by Crippen LogP contribution is -2.32. The van der Waals surface area contributed by atoms with E-state index in [9.17, 15) is 4.79 Å². The predicted molar refractivity (Wildman–Crippen MR) is 34.7 cm³/mol. The highest BCUT2D eigenvalue weighted by Crippen LogP contribution is 2.13. The van der Waals surface area contributed by atoms with Crippen molar-refractivity contribution in [2.45, 2.75) is 25.9 Å². The molecular weight excluding hydrogens is 116 g/mol. The molecular formula is C6H12N2O. The Morgan fingerprint density at radius 2 is 2.11 bits per heavy atom. The minimum atomic E-state index is -0.292. The SMILES string of the molecule is CC1NC(=O)C(N)C1C. The summed E-state index contributed by atoms with van der Waals surface area (Å²) < 4.78 is 0. The normalized spacial score (nSPS) is 43.0. The highest BCUT2D eigenvalue weighted by atomic mass is 16.2. The Labute approximate surface area is 54.6 Å². The minimum Gasteiger partial charge on any atom is -0.352 e. The zero-order valence-corrected chi connectivity index (χ0v) is 5.72. The van der Waals surface area contributed by atoms with E-state index in [-0.39, 0.29) is 23.9 Å². The fraction of sp³-hybridized carbons (Fsp3) is 0.833. The van der Waals surface area contributed by atoms with Gasteiger partial charge in [-0.1, -0.05) is 6.92 Å². The number of nitrogens with two attached hydrogens (primary N) is 1. The van der Waals surface area contributed by atoms with Crippen molar-refractivity contribution in [1.82, 2.24) is 5.32 Å². The Bertz CT molecular complexity index is 135. The number of rotatable bonds is 0. The van der Waals surface area contributed by atoms with E-state index >= 15 is 0 Å². The maximum Gasteiger partial charge on any atom is 0.237 e. The molecule has 52 valence electrons. The van der Waals surface area contributed by atoms with Crippen LogP contribution < -0.4 is 11.1 Å². The molecule has 9 heavy (non-hydrogen) atoms. The molecule has 0 aliphatic carbocycles. The standard InChI is InChI=1S/C6H12N2O/c1-3-4(2)8-6(9)5(3)7/h3-5H,7H2,1-2H3,(H,8,9). The highest BCUT2D eigenvalue weighted by molar-refractivity contribution is 5.84. The van der Waals surface area contributed by atoms with Gasteiger partial charge in [-0.3, -0.25) is 4.79 Å². The summed E-state index contributed by atoms with van der Waals surface area (Å²) in [5.41, 5.74) is 5.50. The Hall–Kier alpha value is -0.570. The van der Waals surface area contributed by atoms with Crippen LogP contribution in [0.3, 0.4) is 0 Å². The number of carbonyl (C=O) groups is 1. The molecule has 3 N–H and O–H groups in total. The molecule has 1 aliphatic rings. The van der Waals surface area contributed by atoms with E-state index in [1.54, 1.807) is 0 Å². The maximum atomic E-state index is 10.8. The smallest absolute Gasteiger partial charge is 0.237 e. The van der Waals surface area contributed by atoms with E-state index in [2.05, 4.69) is 5.32 Å². The van der Waals surface area contributed by atoms with Crippen LogP contribution in [0.1, 0.15) is 13.8 Å². The molecule has 3 heteroatoms. The summed E-state index contributed by atoms with van der Waals surface area (Å²) in [6.45, 7) is 3.95. The van der Waals surface area contributed by atoms with Crippen LogP contribution in [0.5, 0.6) is 0 Å². The molecule has 1 saturated heterocycles. The van der Waals surface area contributed by atoms with Crippen LogP contribution in [-0.2, 0) is 4.79 Å². The zero-order chi connectivity index (χ0) is 7.02. The van der Waals surface area contributed by atoms with Gasteiger partial charge in [-0.15, -0.1) is 0 Å². The number of hydrogen-bond donors (Lipinski definition) is 2. The average molecular weight is 128 g/mol. The first-order valence-electron chi connectivity index (χ1n) is 3.19. The molecule has 0 bridgehead atoms. The van der Waals surface area contributed by atoms with E-state index in [4.69, 9.17) is 5.73 Å². The van der Waals surface area contributed by atoms with Gasteiger partial charge in [0.05, 0.1) is 6.04 Å². The molecule has 0 aromatic rings. The van der Waals surface area contributed by atoms with E-state index in [1.807, 2.05) is 13.8 Å². The number of amides is 1. The molecule has 3 nitrogen and oxygen atoms in total. The second-order valence-corrected chi connectivity index (χ2v) is 2.68. The lowest BCUT2D eigenvalue weighted by Gasteiger charge is -2.08. The van der Waals surface area contributed by atoms with Gasteiger partial charge < -0.3 is 11.1 Å². The summed E-state index contributed by atoms with van der Waals surface area (Å²) in [6.07, 6.45) is 0. The molecule has 1 aliphatic heterocycles. The molecule has 1 fully saturated rings. The molecule has 1 heterocycles. The third-order valence-corrected chi connectivity index (χ3v) is 2.03. The summed E-state index contributed by atoms with van der Waals surface area (Å²) in [5, 5.41) is 2.75. The highest BCUT2D eigenvalue weighted by Gasteiger charge is 2.33. The zero-order valence-electron chi connectivity index (χ0n) is 5.72. The van der Waals surface area contributed by atoms with E-state index in [0.717, 1.165) is 0 Å². The van der Waals surface area contributed by atoms with Crippen LogP contribution in [0, 0.1) is 5.92 Å². The Balaban J connectivity index is 2.65. The number of nitrogens with one attached hydrogen (secondary N) is 1. The lowest BCUT2D eigenvalue weighted by atomic mass is 10.0. The Kier molecular flexibility index (Phi) is 1.45. The molecule has 3 atom stereocenters. The summed E-state index contributed by atoms with van der Waals surface area (Å²) >= 11 is 0. The van der Waals surface area contributed by atoms with Crippen molar-refractivity contribution in [3.8, 4) is 0 Å². The summed E-state index contributed by atoms with van der Waals surface area (Å²) in [6, 6.07) is -0.0486. The first-order chi connectivity index (χ1) is 4.13. The molecule has 0 radical (unpaired) electrons. The molecule has 1 rings (SSSR count). The largest absolute Gasteiger partial charge is 0.352 e. The van der Waals surface area contributed by atoms with Gasteiger partial charge in [0.15, 0.2) is 0 Å². The molecule has 3 unspecified atom stereocenters. The van der Waals surface area contributed by atoms with Crippen molar-refractivity contribution in [2.75, 3.05) is 0 Å². The average Bonchev–Trinajstić information content (AvgIpc) is 1.98. The van der Waals surface area contributed by atoms with Crippen LogP contribution in [0.2, 0.25) is 0 Å². The molecule has 1 amide bonds. The van der Waals surface area contributed by atoms with Crippen LogP contribution in [-0.4, -0.2) is 18.0 Å². The molecule has 0 saturated carbocycles. The van der Waals surface area contributed by atoms with E-state index in [0.29, 0.717) is 0 Å². The first-order valence-corrected chi connectivity index (χ1v) is 3.19. The van der Waals surface area contributed by atoms with Crippen molar-refractivity contribution in [3.63, 3.8) is 0 Å². The van der Waals surface area contributed by atoms with E-state index in [1.165, 1.54) is 0 Å². The monoisotopic (exact) mass is 128 g/mol. The van der Waals surface area contributed by atoms with Gasteiger partial charge >= 0.3 is 0 Å². The third kappa shape index (κ3) is 0.920. The van der Waals surface area contributed by atoms with Gasteiger partial charge in [0.25, 0.3) is 0 Å². The van der Waals surface area contributed by atoms with E-state index < -0.39 is 0 Å². The van der Waals surface area contributed by atoms with Crippen molar-refractivity contribution < 1.29 is 4.79 Å². The third-order valence-electron chi connectivity index (χ3n) is 2.03. The van der Waals surface area contributed by atoms with Crippen LogP contribution in [0.15, 0.2) is 0 Å². The maximum absolute atomic E-state index is 10.8. The Morgan fingerprint density at radius 1 is 1.56 bits per heavy atom. The lowest BCUT2D eigenvalue weighted by molar-refractivity contribution is -0.120. The predicted octanol–water partition coefficient (Wildman–Crippen LogP) is -0.532. The fourth-order valence-corrected chi connectivity index (χ4v) is 1.00. The van der Waals surface area contributed by atoms with Crippen molar-refractivity contribution >= 4 is 5.91 Å². The van der Waals surface area contributed by atoms with Gasteiger partial charge in [-0.2, -0.15) is 0 Å². The second kappa shape index (κ2) is 1.99. The minimum absolute atomic E-state index is 0.0185. The summed E-state index contributed by atoms with van der Waals surface area (Å²) in [7, 11) is 0. The van der Waals surface area contributed by atoms with Crippen LogP contribution in [0.25, 0.3) is 0 Å². The van der Waals surface area contributed by atoms with Gasteiger partial charge in [0.1, 0.15) is 0 Å². The molecule has 0 spiro atoms. The van der Waals surface area contributed by atoms with Crippen molar-refractivity contribution in [3.05, 3.63) is 0 Å². The van der Waals surface area contributed by atoms with Crippen LogP contribution >= 0.6 is 0 Å². The second-order valence-electron chi connectivity index (χ2n) is 2.68. The summed E-state index contributed by atoms with van der Waals surface area (Å²) in [5.74, 6) is 0.257. The van der Waals surface area contributed by atoms with Gasteiger partial charge in [-0.25, -0.2) is 0 Å². The number of carbonyl (C=O) groups excluding carboxylic acids is 1. The summed E-state index contributed by atoms with van der Waals surface area (Å²) in [4.78, 5) is 10.8. The van der Waals surface area contributed by atoms with Gasteiger partial charge in [0.2, 0.25) is 5.91 Å². The molecule has 0 aromatic carbocycles.